The van der Waals surface area contributed by atoms with Gasteiger partial charge in [0.25, 0.3) is 11.8 Å². The number of aromatic nitrogens is 1. The number of amides is 2. The summed E-state index contributed by atoms with van der Waals surface area (Å²) in [4.78, 5) is 78.9. The molecule has 2 amide bonds. The van der Waals surface area contributed by atoms with Crippen molar-refractivity contribution in [2.75, 3.05) is 25.7 Å². The lowest BCUT2D eigenvalue weighted by Crippen LogP contribution is -2.45. The second-order valence-corrected chi connectivity index (χ2v) is 10.5. The number of nitrogens with one attached hydrogen (secondary N) is 2. The first kappa shape index (κ1) is 28.3. The minimum atomic E-state index is -1.15. The summed E-state index contributed by atoms with van der Waals surface area (Å²) in [5.41, 5.74) is -1.02. The maximum absolute atomic E-state index is 12.7. The lowest BCUT2D eigenvalue weighted by atomic mass is 9.87. The Labute approximate surface area is 210 Å². The van der Waals surface area contributed by atoms with E-state index >= 15 is 0 Å². The number of hydrogen-bond donors (Lipinski definition) is 2. The van der Waals surface area contributed by atoms with E-state index in [4.69, 9.17) is 9.47 Å². The van der Waals surface area contributed by atoms with Crippen molar-refractivity contribution in [2.45, 2.75) is 38.8 Å². The molecule has 190 valence electrons. The molecule has 2 heterocycles. The predicted octanol–water partition coefficient (Wildman–Crippen LogP) is 0.964. The number of thioether (sulfide) groups is 2. The molecule has 0 unspecified atom stereocenters. The van der Waals surface area contributed by atoms with E-state index in [0.717, 1.165) is 37.7 Å². The fourth-order valence-electron chi connectivity index (χ4n) is 3.07. The Balaban J connectivity index is 2.39. The summed E-state index contributed by atoms with van der Waals surface area (Å²) in [6, 6.07) is 1.79. The number of ether oxygens (including phenoxy) is 2. The van der Waals surface area contributed by atoms with Gasteiger partial charge in [-0.25, -0.2) is 14.6 Å². The van der Waals surface area contributed by atoms with Crippen molar-refractivity contribution in [3.63, 3.8) is 0 Å². The van der Waals surface area contributed by atoms with Crippen LogP contribution in [0.25, 0.3) is 0 Å². The van der Waals surface area contributed by atoms with Crippen LogP contribution in [0.4, 0.5) is 0 Å². The van der Waals surface area contributed by atoms with E-state index in [1.54, 1.807) is 13.8 Å². The highest BCUT2D eigenvalue weighted by atomic mass is 32.2. The van der Waals surface area contributed by atoms with Gasteiger partial charge in [-0.3, -0.25) is 19.2 Å². The number of fused-ring (bicyclic) bond motifs is 2. The smallest absolute Gasteiger partial charge is 0.329 e. The van der Waals surface area contributed by atoms with Gasteiger partial charge in [-0.05, 0) is 17.5 Å². The Hall–Kier alpha value is -2.93. The standard InChI is InChI=1S/C22H27N3O8S2/c1-22(2)8-16(26)34-10-14(20(30)32-3)24-18(28)12-6-5-7-13(23-12)19(29)25-15(21(31)33-4)11-35-17(27)9-22/h5-7,14-15H,8-11H2,1-4H3,(H,24,28)(H,25,29)/t14-,15-/m1/s1. The number of rotatable bonds is 2. The molecule has 1 aromatic heterocycles. The highest BCUT2D eigenvalue weighted by molar-refractivity contribution is 8.14. The zero-order chi connectivity index (χ0) is 26.2. The molecule has 0 saturated heterocycles. The molecule has 2 atom stereocenters. The highest BCUT2D eigenvalue weighted by Gasteiger charge is 2.30. The molecule has 0 spiro atoms. The number of carbonyl (C=O) groups is 6. The first-order valence-electron chi connectivity index (χ1n) is 10.5. The molecule has 0 aliphatic carbocycles. The lowest BCUT2D eigenvalue weighted by Gasteiger charge is -2.23. The van der Waals surface area contributed by atoms with Gasteiger partial charge in [0.05, 0.1) is 14.2 Å². The van der Waals surface area contributed by atoms with E-state index in [2.05, 4.69) is 15.6 Å². The minimum absolute atomic E-state index is 0.0343. The Morgan fingerprint density at radius 3 is 1.63 bits per heavy atom. The van der Waals surface area contributed by atoms with Crippen LogP contribution < -0.4 is 10.6 Å². The van der Waals surface area contributed by atoms with Crippen molar-refractivity contribution < 1.29 is 38.2 Å². The Kier molecular flexibility index (Phi) is 10.3. The van der Waals surface area contributed by atoms with Gasteiger partial charge in [0.15, 0.2) is 10.2 Å². The van der Waals surface area contributed by atoms with Crippen molar-refractivity contribution in [1.82, 2.24) is 15.6 Å². The Bertz CT molecular complexity index is 941. The van der Waals surface area contributed by atoms with Gasteiger partial charge in [-0.15, -0.1) is 0 Å². The average molecular weight is 526 g/mol. The molecule has 11 nitrogen and oxygen atoms in total. The van der Waals surface area contributed by atoms with Gasteiger partial charge in [0.2, 0.25) is 0 Å². The maximum atomic E-state index is 12.7. The fraction of sp³-hybridized carbons (Fsp3) is 0.500. The minimum Gasteiger partial charge on any atom is -0.467 e. The third kappa shape index (κ3) is 8.66. The molecule has 0 saturated carbocycles. The summed E-state index contributed by atoms with van der Waals surface area (Å²) >= 11 is 1.68. The monoisotopic (exact) mass is 525 g/mol. The number of hydrogen-bond acceptors (Lipinski definition) is 11. The van der Waals surface area contributed by atoms with Crippen molar-refractivity contribution in [2.24, 2.45) is 5.41 Å². The van der Waals surface area contributed by atoms with Crippen LogP contribution in [0.3, 0.4) is 0 Å². The molecular formula is C22H27N3O8S2. The largest absolute Gasteiger partial charge is 0.467 e. The predicted molar refractivity (Wildman–Crippen MR) is 129 cm³/mol. The molecule has 0 aromatic carbocycles. The zero-order valence-electron chi connectivity index (χ0n) is 19.7. The van der Waals surface area contributed by atoms with Crippen molar-refractivity contribution >= 4 is 57.5 Å². The van der Waals surface area contributed by atoms with Gasteiger partial charge >= 0.3 is 11.9 Å². The molecule has 0 radical (unpaired) electrons. The van der Waals surface area contributed by atoms with Crippen molar-refractivity contribution in [1.29, 1.82) is 0 Å². The van der Waals surface area contributed by atoms with Gasteiger partial charge in [0.1, 0.15) is 23.5 Å². The van der Waals surface area contributed by atoms with Crippen LogP contribution in [0.1, 0.15) is 47.7 Å². The summed E-state index contributed by atoms with van der Waals surface area (Å²) in [5, 5.41) is 4.40. The van der Waals surface area contributed by atoms with Crippen LogP contribution in [-0.2, 0) is 28.7 Å². The summed E-state index contributed by atoms with van der Waals surface area (Å²) in [7, 11) is 2.31. The van der Waals surface area contributed by atoms with Crippen molar-refractivity contribution in [3.05, 3.63) is 29.6 Å². The molecular weight excluding hydrogens is 498 g/mol. The zero-order valence-corrected chi connectivity index (χ0v) is 21.4. The molecule has 1 aromatic rings. The third-order valence-corrected chi connectivity index (χ3v) is 6.80. The van der Waals surface area contributed by atoms with Crippen LogP contribution in [-0.4, -0.2) is 76.8 Å². The van der Waals surface area contributed by atoms with Crippen LogP contribution in [0, 0.1) is 5.41 Å². The molecule has 35 heavy (non-hydrogen) atoms. The summed E-state index contributed by atoms with van der Waals surface area (Å²) in [6.45, 7) is 3.50. The van der Waals surface area contributed by atoms with Crippen LogP contribution in [0.15, 0.2) is 18.2 Å². The van der Waals surface area contributed by atoms with E-state index in [1.165, 1.54) is 18.2 Å². The molecule has 2 bridgehead atoms. The second-order valence-electron chi connectivity index (χ2n) is 8.39. The Morgan fingerprint density at radius 1 is 0.857 bits per heavy atom. The van der Waals surface area contributed by atoms with Crippen molar-refractivity contribution in [3.8, 4) is 0 Å². The summed E-state index contributed by atoms with van der Waals surface area (Å²) in [6.07, 6.45) is 0.0686. The quantitative estimate of drug-likeness (QED) is 0.530. The molecule has 1 aliphatic heterocycles. The first-order valence-corrected chi connectivity index (χ1v) is 12.5. The SMILES string of the molecule is COC(=O)[C@H]1CSC(=O)CC(C)(C)CC(=O)SC[C@H](C(=O)OC)NC(=O)c2cccc(n2)C(=O)N1. The van der Waals surface area contributed by atoms with E-state index < -0.39 is 41.3 Å². The van der Waals surface area contributed by atoms with E-state index in [0.29, 0.717) is 0 Å². The molecule has 1 aliphatic rings. The maximum Gasteiger partial charge on any atom is 0.329 e. The number of methoxy groups -OCH3 is 2. The first-order chi connectivity index (χ1) is 16.5. The van der Waals surface area contributed by atoms with Crippen LogP contribution in [0.2, 0.25) is 0 Å². The van der Waals surface area contributed by atoms with Gasteiger partial charge in [-0.1, -0.05) is 43.4 Å². The second kappa shape index (κ2) is 12.7. The molecule has 13 heteroatoms. The average Bonchev–Trinajstić information content (AvgIpc) is 2.81. The molecule has 0 fully saturated rings. The number of pyridine rings is 1. The molecule has 2 rings (SSSR count). The third-order valence-electron chi connectivity index (χ3n) is 4.86. The fourth-order valence-corrected chi connectivity index (χ4v) is 5.20. The normalized spacial score (nSPS) is 22.2. The number of nitrogens with zero attached hydrogens (tertiary/aromatic N) is 1. The van der Waals surface area contributed by atoms with Crippen LogP contribution in [0.5, 0.6) is 0 Å². The number of esters is 2. The van der Waals surface area contributed by atoms with Gasteiger partial charge in [0, 0.05) is 24.3 Å². The van der Waals surface area contributed by atoms with Gasteiger partial charge in [-0.2, -0.15) is 0 Å². The van der Waals surface area contributed by atoms with E-state index in [1.807, 2.05) is 0 Å². The van der Waals surface area contributed by atoms with E-state index in [-0.39, 0.29) is 46.0 Å². The van der Waals surface area contributed by atoms with E-state index in [9.17, 15) is 28.8 Å². The topological polar surface area (TPSA) is 158 Å². The van der Waals surface area contributed by atoms with Crippen LogP contribution >= 0.6 is 23.5 Å². The Morgan fingerprint density at radius 2 is 1.26 bits per heavy atom. The molecule has 2 N–H and O–H groups in total. The number of carbonyl (C=O) groups excluding carboxylic acids is 6. The van der Waals surface area contributed by atoms with Gasteiger partial charge < -0.3 is 20.1 Å². The lowest BCUT2D eigenvalue weighted by molar-refractivity contribution is -0.143. The summed E-state index contributed by atoms with van der Waals surface area (Å²) < 4.78 is 9.45. The summed E-state index contributed by atoms with van der Waals surface area (Å²) in [5.74, 6) is -3.19. The highest BCUT2D eigenvalue weighted by Crippen LogP contribution is 2.31.